The van der Waals surface area contributed by atoms with Crippen LogP contribution in [0.3, 0.4) is 0 Å². The molecule has 0 spiro atoms. The minimum absolute atomic E-state index is 0.201. The molecule has 84 valence electrons. The highest BCUT2D eigenvalue weighted by molar-refractivity contribution is 7.90. The Morgan fingerprint density at radius 2 is 1.15 bits per heavy atom. The Morgan fingerprint density at radius 1 is 0.923 bits per heavy atom. The van der Waals surface area contributed by atoms with Crippen LogP contribution in [0.5, 0.6) is 0 Å². The first-order valence-corrected chi connectivity index (χ1v) is 5.46. The van der Waals surface area contributed by atoms with Gasteiger partial charge in [-0.15, -0.1) is 0 Å². The van der Waals surface area contributed by atoms with Gasteiger partial charge in [-0.2, -0.15) is 0 Å². The molecule has 1 rings (SSSR count). The van der Waals surface area contributed by atoms with E-state index in [0.717, 1.165) is 12.8 Å². The Morgan fingerprint density at radius 3 is 1.15 bits per heavy atom. The summed E-state index contributed by atoms with van der Waals surface area (Å²) in [4.78, 5) is 0. The molecule has 0 aromatic carbocycles. The van der Waals surface area contributed by atoms with E-state index in [1.807, 2.05) is 0 Å². The van der Waals surface area contributed by atoms with Gasteiger partial charge >= 0.3 is 0 Å². The predicted octanol–water partition coefficient (Wildman–Crippen LogP) is -1.84. The van der Waals surface area contributed by atoms with Gasteiger partial charge in [-0.25, -0.2) is 13.6 Å². The Kier molecular flexibility index (Phi) is 16.8. The van der Waals surface area contributed by atoms with Crippen molar-refractivity contribution in [2.24, 2.45) is 22.3 Å². The Balaban J connectivity index is -0.000000144. The van der Waals surface area contributed by atoms with E-state index in [1.165, 1.54) is 21.1 Å². The molecule has 13 heavy (non-hydrogen) atoms. The van der Waals surface area contributed by atoms with Crippen molar-refractivity contribution in [1.82, 2.24) is 0 Å². The summed E-state index contributed by atoms with van der Waals surface area (Å²) in [5.41, 5.74) is 13.5. The minimum atomic E-state index is -3.13. The molecule has 0 aromatic heterocycles. The van der Waals surface area contributed by atoms with E-state index in [4.69, 9.17) is 5.14 Å². The number of hydrogen-bond acceptors (Lipinski definition) is 5. The van der Waals surface area contributed by atoms with Crippen molar-refractivity contribution in [2.75, 3.05) is 21.1 Å². The molecule has 1 saturated carbocycles. The fraction of sp³-hybridized carbons (Fsp3) is 1.00. The van der Waals surface area contributed by atoms with Crippen molar-refractivity contribution >= 4 is 10.0 Å². The lowest BCUT2D eigenvalue weighted by Gasteiger charge is -1.84. The lowest BCUT2D eigenvalue weighted by molar-refractivity contribution is 0.596. The third-order valence-corrected chi connectivity index (χ3v) is 2.39. The van der Waals surface area contributed by atoms with Crippen LogP contribution in [0, 0.1) is 0 Å². The van der Waals surface area contributed by atoms with E-state index in [2.05, 4.69) is 17.2 Å². The van der Waals surface area contributed by atoms with Crippen LogP contribution in [0.1, 0.15) is 12.8 Å². The summed E-state index contributed by atoms with van der Waals surface area (Å²) in [5.74, 6) is 0. The number of sulfonamides is 1. The molecule has 0 saturated heterocycles. The maximum atomic E-state index is 10.2. The molecule has 0 aliphatic heterocycles. The van der Waals surface area contributed by atoms with Gasteiger partial charge in [0.25, 0.3) is 0 Å². The molecule has 0 amide bonds. The van der Waals surface area contributed by atoms with Gasteiger partial charge in [-0.05, 0) is 34.0 Å². The standard InChI is InChI=1S/C3H7NO2S.3CH5N/c4-7(5,6)3-1-2-3;3*1-2/h3H,1-2H2,(H2,4,5,6);3*2H2,1H3. The zero-order valence-electron chi connectivity index (χ0n) is 8.53. The lowest BCUT2D eigenvalue weighted by Crippen LogP contribution is -2.16. The monoisotopic (exact) mass is 214 g/mol. The van der Waals surface area contributed by atoms with Crippen LogP contribution in [0.25, 0.3) is 0 Å². The fourth-order valence-corrected chi connectivity index (χ4v) is 1.19. The van der Waals surface area contributed by atoms with E-state index in [9.17, 15) is 8.42 Å². The van der Waals surface area contributed by atoms with Gasteiger partial charge in [0.1, 0.15) is 0 Å². The molecule has 0 unspecified atom stereocenters. The van der Waals surface area contributed by atoms with Crippen LogP contribution in [0.2, 0.25) is 0 Å². The highest BCUT2D eigenvalue weighted by atomic mass is 32.2. The highest BCUT2D eigenvalue weighted by Crippen LogP contribution is 2.25. The van der Waals surface area contributed by atoms with Gasteiger partial charge in [0, 0.05) is 0 Å². The summed E-state index contributed by atoms with van der Waals surface area (Å²) >= 11 is 0. The van der Waals surface area contributed by atoms with Gasteiger partial charge < -0.3 is 17.2 Å². The molecule has 0 heterocycles. The molecule has 1 aliphatic rings. The van der Waals surface area contributed by atoms with Gasteiger partial charge in [0.05, 0.1) is 5.25 Å². The first-order valence-electron chi connectivity index (χ1n) is 3.85. The Hall–Kier alpha value is -0.210. The first kappa shape index (κ1) is 18.5. The minimum Gasteiger partial charge on any atom is -0.333 e. The molecular weight excluding hydrogens is 192 g/mol. The van der Waals surface area contributed by atoms with Crippen molar-refractivity contribution in [2.45, 2.75) is 18.1 Å². The van der Waals surface area contributed by atoms with Crippen LogP contribution in [0.15, 0.2) is 0 Å². The van der Waals surface area contributed by atoms with E-state index < -0.39 is 10.0 Å². The van der Waals surface area contributed by atoms with Gasteiger partial charge in [0.15, 0.2) is 0 Å². The van der Waals surface area contributed by atoms with E-state index in [1.54, 1.807) is 0 Å². The molecule has 0 bridgehead atoms. The molecule has 0 atom stereocenters. The van der Waals surface area contributed by atoms with E-state index in [-0.39, 0.29) is 5.25 Å². The predicted molar refractivity (Wildman–Crippen MR) is 56.5 cm³/mol. The summed E-state index contributed by atoms with van der Waals surface area (Å²) in [6.45, 7) is 0. The van der Waals surface area contributed by atoms with Crippen LogP contribution in [-0.2, 0) is 10.0 Å². The average Bonchev–Trinajstić information content (AvgIpc) is 2.96. The SMILES string of the molecule is CN.CN.CN.NS(=O)(=O)C1CC1. The molecule has 7 heteroatoms. The smallest absolute Gasteiger partial charge is 0.211 e. The van der Waals surface area contributed by atoms with Gasteiger partial charge in [-0.1, -0.05) is 0 Å². The third kappa shape index (κ3) is 14.6. The van der Waals surface area contributed by atoms with E-state index in [0.29, 0.717) is 0 Å². The summed E-state index contributed by atoms with van der Waals surface area (Å²) in [6.07, 6.45) is 1.53. The topological polar surface area (TPSA) is 138 Å². The van der Waals surface area contributed by atoms with Crippen molar-refractivity contribution in [3.05, 3.63) is 0 Å². The number of hydrogen-bond donors (Lipinski definition) is 4. The highest BCUT2D eigenvalue weighted by Gasteiger charge is 2.32. The second kappa shape index (κ2) is 11.8. The second-order valence-electron chi connectivity index (χ2n) is 1.79. The molecule has 1 fully saturated rings. The van der Waals surface area contributed by atoms with Crippen LogP contribution in [-0.4, -0.2) is 34.8 Å². The third-order valence-electron chi connectivity index (χ3n) is 0.989. The summed E-state index contributed by atoms with van der Waals surface area (Å²) in [7, 11) is 1.37. The second-order valence-corrected chi connectivity index (χ2v) is 3.63. The van der Waals surface area contributed by atoms with Crippen molar-refractivity contribution < 1.29 is 8.42 Å². The fourth-order valence-electron chi connectivity index (χ4n) is 0.397. The Labute approximate surface area is 80.7 Å². The summed E-state index contributed by atoms with van der Waals surface area (Å²) in [5, 5.41) is 4.51. The first-order chi connectivity index (χ1) is 6.11. The number of primary sulfonamides is 1. The maximum Gasteiger partial charge on any atom is 0.211 e. The maximum absolute atomic E-state index is 10.2. The van der Waals surface area contributed by atoms with Crippen LogP contribution < -0.4 is 22.3 Å². The largest absolute Gasteiger partial charge is 0.333 e. The number of rotatable bonds is 1. The van der Waals surface area contributed by atoms with Crippen molar-refractivity contribution in [1.29, 1.82) is 0 Å². The molecule has 8 N–H and O–H groups in total. The lowest BCUT2D eigenvalue weighted by atomic mass is 11.0. The quantitative estimate of drug-likeness (QED) is 0.406. The average molecular weight is 214 g/mol. The van der Waals surface area contributed by atoms with E-state index >= 15 is 0 Å². The molecule has 6 nitrogen and oxygen atoms in total. The van der Waals surface area contributed by atoms with Crippen LogP contribution >= 0.6 is 0 Å². The van der Waals surface area contributed by atoms with Crippen molar-refractivity contribution in [3.8, 4) is 0 Å². The molecule has 0 aromatic rings. The normalized spacial score (nSPS) is 13.5. The summed E-state index contributed by atoms with van der Waals surface area (Å²) in [6, 6.07) is 0. The van der Waals surface area contributed by atoms with Crippen molar-refractivity contribution in [3.63, 3.8) is 0 Å². The zero-order valence-corrected chi connectivity index (χ0v) is 9.34. The Bertz CT molecular complexity index is 165. The zero-order chi connectivity index (χ0) is 11.5. The molecule has 1 aliphatic carbocycles. The molecular formula is C6H22N4O2S. The summed E-state index contributed by atoms with van der Waals surface area (Å²) < 4.78 is 20.3. The van der Waals surface area contributed by atoms with Gasteiger partial charge in [-0.3, -0.25) is 0 Å². The molecule has 0 radical (unpaired) electrons. The van der Waals surface area contributed by atoms with Crippen LogP contribution in [0.4, 0.5) is 0 Å². The number of nitrogens with two attached hydrogens (primary N) is 4. The van der Waals surface area contributed by atoms with Gasteiger partial charge in [0.2, 0.25) is 10.0 Å².